The van der Waals surface area contributed by atoms with Gasteiger partial charge in [0.05, 0.1) is 12.7 Å². The van der Waals surface area contributed by atoms with Gasteiger partial charge < -0.3 is 9.84 Å². The Balaban J connectivity index is 3.99. The molecule has 76 valence electrons. The minimum absolute atomic E-state index is 0.122. The fraction of sp³-hybridized carbons (Fsp3) is 0.900. The lowest BCUT2D eigenvalue weighted by molar-refractivity contribution is -0.0171. The number of hydrogen-bond donors (Lipinski definition) is 1. The number of aliphatic hydroxyl groups excluding tert-OH is 1. The SMILES string of the molecule is CCCC(C#N)(CC)OCCCO. The highest BCUT2D eigenvalue weighted by Gasteiger charge is 2.27. The number of rotatable bonds is 7. The molecule has 3 nitrogen and oxygen atoms in total. The molecular formula is C10H19NO2. The number of ether oxygens (including phenoxy) is 1. The quantitative estimate of drug-likeness (QED) is 0.616. The summed E-state index contributed by atoms with van der Waals surface area (Å²) in [5.74, 6) is 0. The molecule has 1 unspecified atom stereocenters. The Bertz CT molecular complexity index is 165. The first-order chi connectivity index (χ1) is 6.24. The van der Waals surface area contributed by atoms with Gasteiger partial charge in [-0.05, 0) is 19.3 Å². The summed E-state index contributed by atoms with van der Waals surface area (Å²) in [4.78, 5) is 0. The molecule has 0 amide bonds. The predicted octanol–water partition coefficient (Wildman–Crippen LogP) is 1.86. The zero-order chi connectivity index (χ0) is 10.2. The van der Waals surface area contributed by atoms with Crippen LogP contribution in [0.1, 0.15) is 39.5 Å². The molecular weight excluding hydrogens is 166 g/mol. The van der Waals surface area contributed by atoms with Crippen LogP contribution in [0.25, 0.3) is 0 Å². The summed E-state index contributed by atoms with van der Waals surface area (Å²) in [6, 6.07) is 2.22. The number of hydrogen-bond acceptors (Lipinski definition) is 3. The van der Waals surface area contributed by atoms with Crippen molar-refractivity contribution in [1.82, 2.24) is 0 Å². The average molecular weight is 185 g/mol. The molecule has 0 saturated carbocycles. The first kappa shape index (κ1) is 12.4. The van der Waals surface area contributed by atoms with Gasteiger partial charge in [0.25, 0.3) is 0 Å². The molecule has 0 bridgehead atoms. The van der Waals surface area contributed by atoms with Crippen molar-refractivity contribution in [2.45, 2.75) is 45.1 Å². The highest BCUT2D eigenvalue weighted by molar-refractivity contribution is 5.00. The topological polar surface area (TPSA) is 53.2 Å². The largest absolute Gasteiger partial charge is 0.396 e. The zero-order valence-electron chi connectivity index (χ0n) is 8.55. The molecule has 0 fully saturated rings. The maximum Gasteiger partial charge on any atom is 0.153 e. The molecule has 0 heterocycles. The van der Waals surface area contributed by atoms with E-state index in [0.717, 1.165) is 12.8 Å². The van der Waals surface area contributed by atoms with Crippen molar-refractivity contribution in [1.29, 1.82) is 5.26 Å². The van der Waals surface area contributed by atoms with E-state index in [9.17, 15) is 0 Å². The van der Waals surface area contributed by atoms with E-state index in [0.29, 0.717) is 19.4 Å². The number of nitrogens with zero attached hydrogens (tertiary/aromatic N) is 1. The normalized spacial score (nSPS) is 14.9. The Morgan fingerprint density at radius 3 is 2.54 bits per heavy atom. The Hall–Kier alpha value is -0.590. The lowest BCUT2D eigenvalue weighted by atomic mass is 9.96. The van der Waals surface area contributed by atoms with Crippen LogP contribution in [0, 0.1) is 11.3 Å². The van der Waals surface area contributed by atoms with Crippen LogP contribution in [0.15, 0.2) is 0 Å². The maximum absolute atomic E-state index is 8.97. The van der Waals surface area contributed by atoms with Crippen LogP contribution in [0.3, 0.4) is 0 Å². The Labute approximate surface area is 80.3 Å². The van der Waals surface area contributed by atoms with Crippen LogP contribution in [-0.4, -0.2) is 23.9 Å². The second-order valence-corrected chi connectivity index (χ2v) is 3.14. The molecule has 0 saturated heterocycles. The molecule has 0 aliphatic carbocycles. The van der Waals surface area contributed by atoms with Crippen LogP contribution in [0.5, 0.6) is 0 Å². The highest BCUT2D eigenvalue weighted by Crippen LogP contribution is 2.21. The van der Waals surface area contributed by atoms with E-state index in [4.69, 9.17) is 15.1 Å². The van der Waals surface area contributed by atoms with Crippen molar-refractivity contribution < 1.29 is 9.84 Å². The minimum Gasteiger partial charge on any atom is -0.396 e. The second kappa shape index (κ2) is 6.88. The summed E-state index contributed by atoms with van der Waals surface area (Å²) in [5, 5.41) is 17.5. The van der Waals surface area contributed by atoms with Crippen molar-refractivity contribution in [3.63, 3.8) is 0 Å². The van der Waals surface area contributed by atoms with E-state index >= 15 is 0 Å². The van der Waals surface area contributed by atoms with Crippen molar-refractivity contribution in [2.75, 3.05) is 13.2 Å². The molecule has 0 aromatic heterocycles. The molecule has 0 aromatic rings. The van der Waals surface area contributed by atoms with Gasteiger partial charge in [0.1, 0.15) is 0 Å². The zero-order valence-corrected chi connectivity index (χ0v) is 8.55. The van der Waals surface area contributed by atoms with E-state index < -0.39 is 5.60 Å². The standard InChI is InChI=1S/C10H19NO2/c1-3-6-10(4-2,9-11)13-8-5-7-12/h12H,3-8H2,1-2H3. The third-order valence-electron chi connectivity index (χ3n) is 2.11. The minimum atomic E-state index is -0.621. The van der Waals surface area contributed by atoms with Crippen LogP contribution in [0.4, 0.5) is 0 Å². The molecule has 1 atom stereocenters. The van der Waals surface area contributed by atoms with Gasteiger partial charge in [0.2, 0.25) is 0 Å². The maximum atomic E-state index is 8.97. The average Bonchev–Trinajstić information content (AvgIpc) is 2.17. The molecule has 0 aromatic carbocycles. The van der Waals surface area contributed by atoms with Gasteiger partial charge in [-0.2, -0.15) is 5.26 Å². The van der Waals surface area contributed by atoms with Crippen molar-refractivity contribution in [2.24, 2.45) is 0 Å². The van der Waals surface area contributed by atoms with E-state index in [2.05, 4.69) is 6.07 Å². The molecule has 0 radical (unpaired) electrons. The third kappa shape index (κ3) is 4.25. The monoisotopic (exact) mass is 185 g/mol. The fourth-order valence-corrected chi connectivity index (χ4v) is 1.25. The molecule has 1 N–H and O–H groups in total. The molecule has 0 spiro atoms. The molecule has 0 aliphatic heterocycles. The lowest BCUT2D eigenvalue weighted by Gasteiger charge is -2.24. The van der Waals surface area contributed by atoms with Crippen molar-refractivity contribution in [3.05, 3.63) is 0 Å². The van der Waals surface area contributed by atoms with Crippen LogP contribution in [-0.2, 0) is 4.74 Å². The van der Waals surface area contributed by atoms with E-state index in [-0.39, 0.29) is 6.61 Å². The smallest absolute Gasteiger partial charge is 0.153 e. The second-order valence-electron chi connectivity index (χ2n) is 3.14. The summed E-state index contributed by atoms with van der Waals surface area (Å²) in [5.41, 5.74) is -0.621. The molecule has 3 heteroatoms. The predicted molar refractivity (Wildman–Crippen MR) is 51.2 cm³/mol. The molecule has 13 heavy (non-hydrogen) atoms. The van der Waals surface area contributed by atoms with E-state index in [1.807, 2.05) is 13.8 Å². The van der Waals surface area contributed by atoms with Gasteiger partial charge in [-0.3, -0.25) is 0 Å². The van der Waals surface area contributed by atoms with Gasteiger partial charge in [-0.15, -0.1) is 0 Å². The Kier molecular flexibility index (Phi) is 6.56. The summed E-state index contributed by atoms with van der Waals surface area (Å²) in [6.45, 7) is 4.59. The number of nitriles is 1. The summed E-state index contributed by atoms with van der Waals surface area (Å²) < 4.78 is 5.49. The first-order valence-corrected chi connectivity index (χ1v) is 4.90. The summed E-state index contributed by atoms with van der Waals surface area (Å²) >= 11 is 0. The summed E-state index contributed by atoms with van der Waals surface area (Å²) in [6.07, 6.45) is 3.03. The highest BCUT2D eigenvalue weighted by atomic mass is 16.5. The number of aliphatic hydroxyl groups is 1. The van der Waals surface area contributed by atoms with Gasteiger partial charge in [0, 0.05) is 6.61 Å². The van der Waals surface area contributed by atoms with Crippen LogP contribution in [0.2, 0.25) is 0 Å². The fourth-order valence-electron chi connectivity index (χ4n) is 1.25. The van der Waals surface area contributed by atoms with E-state index in [1.165, 1.54) is 0 Å². The molecule has 0 rings (SSSR count). The van der Waals surface area contributed by atoms with Crippen LogP contribution < -0.4 is 0 Å². The van der Waals surface area contributed by atoms with Crippen molar-refractivity contribution in [3.8, 4) is 6.07 Å². The van der Waals surface area contributed by atoms with Gasteiger partial charge in [0.15, 0.2) is 5.60 Å². The lowest BCUT2D eigenvalue weighted by Crippen LogP contribution is -2.30. The van der Waals surface area contributed by atoms with E-state index in [1.54, 1.807) is 0 Å². The van der Waals surface area contributed by atoms with Gasteiger partial charge >= 0.3 is 0 Å². The van der Waals surface area contributed by atoms with Gasteiger partial charge in [-0.1, -0.05) is 20.3 Å². The van der Waals surface area contributed by atoms with Crippen LogP contribution >= 0.6 is 0 Å². The Morgan fingerprint density at radius 2 is 2.15 bits per heavy atom. The molecule has 0 aliphatic rings. The first-order valence-electron chi connectivity index (χ1n) is 4.90. The van der Waals surface area contributed by atoms with Crippen molar-refractivity contribution >= 4 is 0 Å². The van der Waals surface area contributed by atoms with Gasteiger partial charge in [-0.25, -0.2) is 0 Å². The third-order valence-corrected chi connectivity index (χ3v) is 2.11. The Morgan fingerprint density at radius 1 is 1.46 bits per heavy atom. The summed E-state index contributed by atoms with van der Waals surface area (Å²) in [7, 11) is 0.